The van der Waals surface area contributed by atoms with E-state index in [0.29, 0.717) is 37.2 Å². The molecule has 0 bridgehead atoms. The van der Waals surface area contributed by atoms with Crippen LogP contribution in [0, 0.1) is 0 Å². The van der Waals surface area contributed by atoms with Gasteiger partial charge in [0.15, 0.2) is 0 Å². The molecule has 8 nitrogen and oxygen atoms in total. The Morgan fingerprint density at radius 3 is 2.57 bits per heavy atom. The molecule has 8 heteroatoms. The van der Waals surface area contributed by atoms with Crippen molar-refractivity contribution in [2.24, 2.45) is 0 Å². The maximum atomic E-state index is 13.8. The van der Waals surface area contributed by atoms with Gasteiger partial charge >= 0.3 is 5.97 Å². The van der Waals surface area contributed by atoms with Crippen LogP contribution in [0.1, 0.15) is 47.3 Å². The van der Waals surface area contributed by atoms with Gasteiger partial charge in [-0.2, -0.15) is 0 Å². The van der Waals surface area contributed by atoms with Gasteiger partial charge in [-0.05, 0) is 44.2 Å². The fraction of sp³-hybridized carbons (Fsp3) is 0.519. The first-order chi connectivity index (χ1) is 17.0. The van der Waals surface area contributed by atoms with Crippen LogP contribution in [0.15, 0.2) is 41.2 Å². The van der Waals surface area contributed by atoms with E-state index >= 15 is 0 Å². The van der Waals surface area contributed by atoms with E-state index in [2.05, 4.69) is 29.2 Å². The van der Waals surface area contributed by atoms with Crippen LogP contribution in [0.2, 0.25) is 0 Å². The summed E-state index contributed by atoms with van der Waals surface area (Å²) in [5, 5.41) is 0. The third-order valence-corrected chi connectivity index (χ3v) is 7.14. The maximum absolute atomic E-state index is 13.8. The quantitative estimate of drug-likeness (QED) is 0.566. The summed E-state index contributed by atoms with van der Waals surface area (Å²) in [6.07, 6.45) is 4.86. The number of amides is 1. The second-order valence-electron chi connectivity index (χ2n) is 9.24. The number of carbonyl (C=O) groups is 2. The Balaban J connectivity index is 1.55. The second kappa shape index (κ2) is 11.5. The van der Waals surface area contributed by atoms with Crippen LogP contribution in [-0.2, 0) is 28.9 Å². The zero-order valence-corrected chi connectivity index (χ0v) is 20.7. The average Bonchev–Trinajstić information content (AvgIpc) is 3.11. The number of benzene rings is 1. The molecule has 0 N–H and O–H groups in total. The molecule has 2 aliphatic rings. The number of fused-ring (bicyclic) bond motifs is 1. The van der Waals surface area contributed by atoms with Crippen LogP contribution in [0.3, 0.4) is 0 Å². The van der Waals surface area contributed by atoms with Crippen molar-refractivity contribution in [2.75, 3.05) is 40.4 Å². The Kier molecular flexibility index (Phi) is 8.23. The number of hydrogen-bond acceptors (Lipinski definition) is 6. The summed E-state index contributed by atoms with van der Waals surface area (Å²) in [5.74, 6) is -0.392. The molecule has 0 unspecified atom stereocenters. The molecule has 1 aromatic carbocycles. The number of hydrogen-bond donors (Lipinski definition) is 0. The van der Waals surface area contributed by atoms with Crippen LogP contribution in [-0.4, -0.2) is 72.7 Å². The topological polar surface area (TPSA) is 81.1 Å². The number of pyridine rings is 1. The number of ether oxygens (including phenoxy) is 2. The van der Waals surface area contributed by atoms with Gasteiger partial charge in [-0.25, -0.2) is 4.79 Å². The molecule has 2 aliphatic heterocycles. The molecule has 1 fully saturated rings. The van der Waals surface area contributed by atoms with Gasteiger partial charge in [0, 0.05) is 44.4 Å². The minimum atomic E-state index is -0.612. The predicted octanol–water partition coefficient (Wildman–Crippen LogP) is 2.52. The predicted molar refractivity (Wildman–Crippen MR) is 133 cm³/mol. The van der Waals surface area contributed by atoms with Crippen LogP contribution in [0.25, 0.3) is 0 Å². The number of piperidine rings is 1. The minimum absolute atomic E-state index is 0.164. The Hall–Kier alpha value is -3.13. The SMILES string of the molecule is COC(=O)[C@@H]1CCCCN1C(=O)c1c(OC)cc(=O)n2c1CCN(CCCc1ccccc1)CC2. The van der Waals surface area contributed by atoms with Crippen LogP contribution in [0.4, 0.5) is 0 Å². The van der Waals surface area contributed by atoms with Gasteiger partial charge < -0.3 is 23.8 Å². The maximum Gasteiger partial charge on any atom is 0.328 e. The molecule has 1 atom stereocenters. The lowest BCUT2D eigenvalue weighted by molar-refractivity contribution is -0.147. The molecule has 1 aromatic heterocycles. The van der Waals surface area contributed by atoms with Crippen molar-refractivity contribution >= 4 is 11.9 Å². The van der Waals surface area contributed by atoms with E-state index < -0.39 is 12.0 Å². The molecule has 0 radical (unpaired) electrons. The third kappa shape index (κ3) is 5.59. The minimum Gasteiger partial charge on any atom is -0.496 e. The van der Waals surface area contributed by atoms with Gasteiger partial charge in [0.25, 0.3) is 11.5 Å². The molecule has 2 aromatic rings. The highest BCUT2D eigenvalue weighted by molar-refractivity contribution is 6.00. The molecule has 188 valence electrons. The van der Waals surface area contributed by atoms with Crippen molar-refractivity contribution in [1.82, 2.24) is 14.4 Å². The third-order valence-electron chi connectivity index (χ3n) is 7.14. The number of carbonyl (C=O) groups excluding carboxylic acids is 2. The van der Waals surface area contributed by atoms with Crippen LogP contribution < -0.4 is 10.3 Å². The molecule has 1 saturated heterocycles. The Morgan fingerprint density at radius 2 is 1.83 bits per heavy atom. The highest BCUT2D eigenvalue weighted by Crippen LogP contribution is 2.28. The Bertz CT molecular complexity index is 1100. The highest BCUT2D eigenvalue weighted by atomic mass is 16.5. The van der Waals surface area contributed by atoms with E-state index in [1.165, 1.54) is 25.8 Å². The summed E-state index contributed by atoms with van der Waals surface area (Å²) in [7, 11) is 2.82. The number of likely N-dealkylation sites (tertiary alicyclic amines) is 1. The van der Waals surface area contributed by atoms with Gasteiger partial charge in [-0.1, -0.05) is 30.3 Å². The van der Waals surface area contributed by atoms with E-state index in [9.17, 15) is 14.4 Å². The van der Waals surface area contributed by atoms with Gasteiger partial charge in [0.1, 0.15) is 17.4 Å². The molecular formula is C27H35N3O5. The number of nitrogens with zero attached hydrogens (tertiary/aromatic N) is 3. The fourth-order valence-corrected chi connectivity index (χ4v) is 5.26. The van der Waals surface area contributed by atoms with E-state index in [1.807, 2.05) is 6.07 Å². The van der Waals surface area contributed by atoms with E-state index in [-0.39, 0.29) is 17.2 Å². The monoisotopic (exact) mass is 481 g/mol. The second-order valence-corrected chi connectivity index (χ2v) is 9.24. The van der Waals surface area contributed by atoms with E-state index in [4.69, 9.17) is 9.47 Å². The standard InChI is InChI=1S/C27H35N3O5/c1-34-23-19-24(31)29-18-17-28(14-8-11-20-9-4-3-5-10-20)16-13-21(29)25(23)26(32)30-15-7-6-12-22(30)27(33)35-2/h3-5,9-10,19,22H,6-8,11-18H2,1-2H3/t22-/m0/s1. The normalized spacial score (nSPS) is 18.5. The van der Waals surface area contributed by atoms with Crippen molar-refractivity contribution < 1.29 is 19.1 Å². The van der Waals surface area contributed by atoms with Crippen molar-refractivity contribution in [1.29, 1.82) is 0 Å². The summed E-state index contributed by atoms with van der Waals surface area (Å²) in [6, 6.07) is 11.2. The van der Waals surface area contributed by atoms with Crippen molar-refractivity contribution in [3.05, 3.63) is 63.6 Å². The average molecular weight is 482 g/mol. The fourth-order valence-electron chi connectivity index (χ4n) is 5.26. The number of methoxy groups -OCH3 is 2. The molecule has 4 rings (SSSR count). The summed E-state index contributed by atoms with van der Waals surface area (Å²) < 4.78 is 12.2. The lowest BCUT2D eigenvalue weighted by atomic mass is 9.99. The molecule has 3 heterocycles. The van der Waals surface area contributed by atoms with Crippen LogP contribution >= 0.6 is 0 Å². The van der Waals surface area contributed by atoms with Gasteiger partial charge in [-0.3, -0.25) is 9.59 Å². The van der Waals surface area contributed by atoms with Crippen molar-refractivity contribution in [2.45, 2.75) is 51.1 Å². The summed E-state index contributed by atoms with van der Waals surface area (Å²) in [5.41, 5.74) is 2.25. The molecule has 0 saturated carbocycles. The number of esters is 1. The molecule has 35 heavy (non-hydrogen) atoms. The van der Waals surface area contributed by atoms with Gasteiger partial charge in [0.2, 0.25) is 0 Å². The first kappa shape index (κ1) is 25.0. The largest absolute Gasteiger partial charge is 0.496 e. The number of rotatable bonds is 7. The van der Waals surface area contributed by atoms with E-state index in [0.717, 1.165) is 45.3 Å². The van der Waals surface area contributed by atoms with Gasteiger partial charge in [0.05, 0.1) is 14.2 Å². The van der Waals surface area contributed by atoms with E-state index in [1.54, 1.807) is 9.47 Å². The molecule has 1 amide bonds. The number of aryl methyl sites for hydroxylation is 1. The zero-order valence-electron chi connectivity index (χ0n) is 20.7. The zero-order chi connectivity index (χ0) is 24.8. The van der Waals surface area contributed by atoms with Crippen molar-refractivity contribution in [3.63, 3.8) is 0 Å². The summed E-state index contributed by atoms with van der Waals surface area (Å²) in [4.78, 5) is 43.1. The lowest BCUT2D eigenvalue weighted by Crippen LogP contribution is -2.49. The Labute approximate surface area is 206 Å². The first-order valence-corrected chi connectivity index (χ1v) is 12.5. The molecular weight excluding hydrogens is 446 g/mol. The number of aromatic nitrogens is 1. The highest BCUT2D eigenvalue weighted by Gasteiger charge is 2.36. The summed E-state index contributed by atoms with van der Waals surface area (Å²) >= 11 is 0. The van der Waals surface area contributed by atoms with Crippen LogP contribution in [0.5, 0.6) is 5.75 Å². The summed E-state index contributed by atoms with van der Waals surface area (Å²) in [6.45, 7) is 3.42. The van der Waals surface area contributed by atoms with Crippen molar-refractivity contribution in [3.8, 4) is 5.75 Å². The molecule has 0 aliphatic carbocycles. The van der Waals surface area contributed by atoms with Gasteiger partial charge in [-0.15, -0.1) is 0 Å². The lowest BCUT2D eigenvalue weighted by Gasteiger charge is -2.34. The smallest absolute Gasteiger partial charge is 0.328 e. The Morgan fingerprint density at radius 1 is 1.03 bits per heavy atom. The molecule has 0 spiro atoms. The first-order valence-electron chi connectivity index (χ1n) is 12.5.